The molecule has 0 spiro atoms. The summed E-state index contributed by atoms with van der Waals surface area (Å²) < 4.78 is 27.6. The molecule has 7 nitrogen and oxygen atoms in total. The molecule has 0 bridgehead atoms. The zero-order valence-corrected chi connectivity index (χ0v) is 17.8. The van der Waals surface area contributed by atoms with Gasteiger partial charge < -0.3 is 10.2 Å². The van der Waals surface area contributed by atoms with Crippen LogP contribution in [-0.4, -0.2) is 54.7 Å². The summed E-state index contributed by atoms with van der Waals surface area (Å²) >= 11 is 8.36. The number of rotatable bonds is 4. The first-order valence-corrected chi connectivity index (χ1v) is 12.0. The van der Waals surface area contributed by atoms with E-state index in [2.05, 4.69) is 22.2 Å². The van der Waals surface area contributed by atoms with E-state index in [1.807, 2.05) is 0 Å². The normalized spacial score (nSPS) is 21.3. The van der Waals surface area contributed by atoms with E-state index in [0.29, 0.717) is 28.9 Å². The van der Waals surface area contributed by atoms with Crippen molar-refractivity contribution in [3.8, 4) is 0 Å². The number of carbonyl (C=O) groups excluding carboxylic acids is 1. The predicted octanol–water partition coefficient (Wildman–Crippen LogP) is 2.64. The van der Waals surface area contributed by atoms with Crippen molar-refractivity contribution in [2.45, 2.75) is 36.1 Å². The van der Waals surface area contributed by atoms with Gasteiger partial charge in [-0.3, -0.25) is 4.79 Å². The second-order valence-electron chi connectivity index (χ2n) is 6.70. The molecule has 1 fully saturated rings. The van der Waals surface area contributed by atoms with Gasteiger partial charge in [-0.15, -0.1) is 22.7 Å². The van der Waals surface area contributed by atoms with Gasteiger partial charge in [0.1, 0.15) is 10.3 Å². The molecule has 0 aromatic carbocycles. The van der Waals surface area contributed by atoms with Crippen molar-refractivity contribution in [2.24, 2.45) is 0 Å². The molecule has 0 aliphatic carbocycles. The van der Waals surface area contributed by atoms with Crippen LogP contribution >= 0.6 is 34.3 Å². The van der Waals surface area contributed by atoms with Crippen molar-refractivity contribution in [1.82, 2.24) is 14.2 Å². The number of aromatic nitrogens is 1. The molecule has 11 heteroatoms. The Morgan fingerprint density at radius 3 is 2.89 bits per heavy atom. The number of likely N-dealkylation sites (N-methyl/N-ethyl adjacent to an activating group) is 1. The summed E-state index contributed by atoms with van der Waals surface area (Å²) in [5, 5.41) is 3.38. The van der Waals surface area contributed by atoms with Crippen LogP contribution in [0.3, 0.4) is 0 Å². The minimum atomic E-state index is -3.73. The van der Waals surface area contributed by atoms with Crippen molar-refractivity contribution in [3.63, 3.8) is 0 Å². The van der Waals surface area contributed by atoms with Gasteiger partial charge in [0.25, 0.3) is 10.0 Å². The number of thiazole rings is 1. The topological polar surface area (TPSA) is 82.6 Å². The highest BCUT2D eigenvalue weighted by molar-refractivity contribution is 7.91. The Morgan fingerprint density at radius 1 is 1.33 bits per heavy atom. The maximum Gasteiger partial charge on any atom is 0.253 e. The number of nitrogens with one attached hydrogen (secondary N) is 1. The SMILES string of the molecule is CN1CCc2nc(NC(=O)C3CCCN3S(=O)(=O)c3ccc(Cl)s3)sc2C1. The van der Waals surface area contributed by atoms with Crippen LogP contribution in [-0.2, 0) is 27.8 Å². The molecule has 1 unspecified atom stereocenters. The van der Waals surface area contributed by atoms with Crippen LogP contribution in [0.25, 0.3) is 0 Å². The highest BCUT2D eigenvalue weighted by atomic mass is 35.5. The van der Waals surface area contributed by atoms with Crippen LogP contribution < -0.4 is 5.32 Å². The number of nitrogens with zero attached hydrogens (tertiary/aromatic N) is 3. The molecule has 4 rings (SSSR count). The smallest absolute Gasteiger partial charge is 0.253 e. The minimum absolute atomic E-state index is 0.167. The van der Waals surface area contributed by atoms with Crippen molar-refractivity contribution in [2.75, 3.05) is 25.5 Å². The van der Waals surface area contributed by atoms with E-state index in [9.17, 15) is 13.2 Å². The second-order valence-corrected chi connectivity index (χ2v) is 11.6. The number of sulfonamides is 1. The fraction of sp³-hybridized carbons (Fsp3) is 0.500. The van der Waals surface area contributed by atoms with Gasteiger partial charge in [0.15, 0.2) is 5.13 Å². The lowest BCUT2D eigenvalue weighted by molar-refractivity contribution is -0.119. The Hall–Kier alpha value is -1.04. The monoisotopic (exact) mass is 446 g/mol. The Bertz CT molecular complexity index is 971. The summed E-state index contributed by atoms with van der Waals surface area (Å²) in [6.45, 7) is 2.10. The lowest BCUT2D eigenvalue weighted by Gasteiger charge is -2.22. The molecule has 0 radical (unpaired) electrons. The molecule has 1 saturated heterocycles. The fourth-order valence-corrected chi connectivity index (χ4v) is 7.77. The molecule has 1 atom stereocenters. The highest BCUT2D eigenvalue weighted by Gasteiger charge is 2.40. The van der Waals surface area contributed by atoms with Crippen molar-refractivity contribution in [3.05, 3.63) is 27.0 Å². The zero-order chi connectivity index (χ0) is 19.2. The van der Waals surface area contributed by atoms with Crippen LogP contribution in [0, 0.1) is 0 Å². The van der Waals surface area contributed by atoms with Crippen LogP contribution in [0.15, 0.2) is 16.3 Å². The fourth-order valence-electron chi connectivity index (χ4n) is 3.41. The average molecular weight is 447 g/mol. The van der Waals surface area contributed by atoms with E-state index < -0.39 is 16.1 Å². The molecule has 4 heterocycles. The van der Waals surface area contributed by atoms with E-state index in [1.54, 1.807) is 6.07 Å². The molecular formula is C16H19ClN4O3S3. The van der Waals surface area contributed by atoms with Gasteiger partial charge in [-0.25, -0.2) is 13.4 Å². The summed E-state index contributed by atoms with van der Waals surface area (Å²) in [5.74, 6) is -0.321. The quantitative estimate of drug-likeness (QED) is 0.780. The number of halogens is 1. The van der Waals surface area contributed by atoms with Crippen molar-refractivity contribution < 1.29 is 13.2 Å². The molecule has 146 valence electrons. The number of fused-ring (bicyclic) bond motifs is 1. The predicted molar refractivity (Wildman–Crippen MR) is 107 cm³/mol. The molecule has 2 aliphatic rings. The van der Waals surface area contributed by atoms with Crippen LogP contribution in [0.1, 0.15) is 23.4 Å². The summed E-state index contributed by atoms with van der Waals surface area (Å²) in [4.78, 5) is 20.7. The number of carbonyl (C=O) groups is 1. The van der Waals surface area contributed by atoms with E-state index in [1.165, 1.54) is 21.7 Å². The van der Waals surface area contributed by atoms with Gasteiger partial charge >= 0.3 is 0 Å². The lowest BCUT2D eigenvalue weighted by atomic mass is 10.2. The maximum absolute atomic E-state index is 12.9. The van der Waals surface area contributed by atoms with Crippen LogP contribution in [0.4, 0.5) is 5.13 Å². The largest absolute Gasteiger partial charge is 0.301 e. The Kier molecular flexibility index (Phi) is 5.30. The summed E-state index contributed by atoms with van der Waals surface area (Å²) in [7, 11) is -1.68. The average Bonchev–Trinajstić information content (AvgIpc) is 3.32. The zero-order valence-electron chi connectivity index (χ0n) is 14.6. The summed E-state index contributed by atoms with van der Waals surface area (Å²) in [6, 6.07) is 2.32. The number of thiophene rings is 1. The standard InChI is InChI=1S/C16H19ClN4O3S3/c1-20-8-6-10-12(9-20)25-16(18-10)19-15(22)11-3-2-7-21(11)27(23,24)14-5-4-13(17)26-14/h4-5,11H,2-3,6-9H2,1H3,(H,18,19,22). The van der Waals surface area contributed by atoms with E-state index in [-0.39, 0.29) is 10.1 Å². The maximum atomic E-state index is 12.9. The molecule has 2 aromatic rings. The van der Waals surface area contributed by atoms with E-state index in [0.717, 1.165) is 41.4 Å². The van der Waals surface area contributed by atoms with Crippen LogP contribution in [0.2, 0.25) is 4.34 Å². The van der Waals surface area contributed by atoms with Crippen molar-refractivity contribution in [1.29, 1.82) is 0 Å². The molecule has 1 amide bonds. The number of anilines is 1. The van der Waals surface area contributed by atoms with E-state index >= 15 is 0 Å². The first-order chi connectivity index (χ1) is 12.8. The van der Waals surface area contributed by atoms with Gasteiger partial charge in [-0.1, -0.05) is 11.6 Å². The summed E-state index contributed by atoms with van der Waals surface area (Å²) in [6.07, 6.45) is 2.01. The molecule has 1 N–H and O–H groups in total. The van der Waals surface area contributed by atoms with Gasteiger partial charge in [-0.05, 0) is 32.0 Å². The van der Waals surface area contributed by atoms with Gasteiger partial charge in [0.05, 0.1) is 10.0 Å². The Balaban J connectivity index is 1.51. The highest BCUT2D eigenvalue weighted by Crippen LogP contribution is 2.33. The number of hydrogen-bond donors (Lipinski definition) is 1. The molecule has 2 aromatic heterocycles. The molecular weight excluding hydrogens is 428 g/mol. The Labute approximate surface area is 171 Å². The number of hydrogen-bond acceptors (Lipinski definition) is 7. The first-order valence-electron chi connectivity index (χ1n) is 8.60. The third kappa shape index (κ3) is 3.79. The lowest BCUT2D eigenvalue weighted by Crippen LogP contribution is -2.42. The second kappa shape index (κ2) is 7.41. The van der Waals surface area contributed by atoms with E-state index in [4.69, 9.17) is 11.6 Å². The first kappa shape index (κ1) is 19.3. The summed E-state index contributed by atoms with van der Waals surface area (Å²) in [5.41, 5.74) is 1.03. The van der Waals surface area contributed by atoms with Gasteiger partial charge in [0.2, 0.25) is 5.91 Å². The number of amides is 1. The Morgan fingerprint density at radius 2 is 2.15 bits per heavy atom. The third-order valence-electron chi connectivity index (χ3n) is 4.77. The minimum Gasteiger partial charge on any atom is -0.301 e. The van der Waals surface area contributed by atoms with Gasteiger partial charge in [-0.2, -0.15) is 4.31 Å². The van der Waals surface area contributed by atoms with Gasteiger partial charge in [0, 0.05) is 30.9 Å². The molecule has 2 aliphatic heterocycles. The van der Waals surface area contributed by atoms with Crippen LogP contribution in [0.5, 0.6) is 0 Å². The molecule has 27 heavy (non-hydrogen) atoms. The third-order valence-corrected chi connectivity index (χ3v) is 9.37. The molecule has 0 saturated carbocycles. The van der Waals surface area contributed by atoms with Crippen molar-refractivity contribution >= 4 is 55.3 Å².